The third-order valence-electron chi connectivity index (χ3n) is 3.14. The second-order valence-corrected chi connectivity index (χ2v) is 4.96. The summed E-state index contributed by atoms with van der Waals surface area (Å²) in [4.78, 5) is 12.5. The lowest BCUT2D eigenvalue weighted by molar-refractivity contribution is -0.117. The van der Waals surface area contributed by atoms with Gasteiger partial charge in [-0.1, -0.05) is 42.5 Å². The molecule has 3 N–H and O–H groups in total. The number of rotatable bonds is 4. The molecule has 6 heteroatoms. The molecule has 0 aliphatic carbocycles. The Labute approximate surface area is 122 Å². The molecule has 1 unspecified atom stereocenters. The molecule has 0 saturated carbocycles. The third-order valence-corrected chi connectivity index (χ3v) is 3.36. The minimum Gasteiger partial charge on any atom is -0.389 e. The number of amides is 1. The molecular formula is C14H16N4OS. The molecule has 104 valence electrons. The van der Waals surface area contributed by atoms with Gasteiger partial charge in [-0.2, -0.15) is 5.10 Å². The van der Waals surface area contributed by atoms with Gasteiger partial charge in [0.05, 0.1) is 17.7 Å². The molecule has 1 aromatic carbocycles. The van der Waals surface area contributed by atoms with Gasteiger partial charge in [0.25, 0.3) is 0 Å². The maximum atomic E-state index is 12.3. The lowest BCUT2D eigenvalue weighted by atomic mass is 10.0. The number of hydrogen-bond donors (Lipinski definition) is 2. The van der Waals surface area contributed by atoms with Crippen LogP contribution in [0, 0.1) is 0 Å². The highest BCUT2D eigenvalue weighted by Crippen LogP contribution is 2.19. The summed E-state index contributed by atoms with van der Waals surface area (Å²) in [6.45, 7) is 1.85. The van der Waals surface area contributed by atoms with Crippen LogP contribution < -0.4 is 11.1 Å². The smallest absolute Gasteiger partial charge is 0.232 e. The average Bonchev–Trinajstić information content (AvgIpc) is 2.80. The zero-order chi connectivity index (χ0) is 14.7. The van der Waals surface area contributed by atoms with Crippen molar-refractivity contribution in [3.05, 3.63) is 47.7 Å². The van der Waals surface area contributed by atoms with Crippen molar-refractivity contribution in [2.24, 2.45) is 12.8 Å². The summed E-state index contributed by atoms with van der Waals surface area (Å²) < 4.78 is 1.55. The summed E-state index contributed by atoms with van der Waals surface area (Å²) >= 11 is 4.95. The molecule has 0 aliphatic heterocycles. The van der Waals surface area contributed by atoms with Gasteiger partial charge in [-0.25, -0.2) is 0 Å². The number of aryl methyl sites for hydroxylation is 1. The first kappa shape index (κ1) is 14.2. The van der Waals surface area contributed by atoms with E-state index in [-0.39, 0.29) is 16.8 Å². The Morgan fingerprint density at radius 3 is 2.65 bits per heavy atom. The lowest BCUT2D eigenvalue weighted by Crippen LogP contribution is -2.22. The molecule has 0 bridgehead atoms. The number of nitrogens with one attached hydrogen (secondary N) is 1. The maximum absolute atomic E-state index is 12.3. The number of benzene rings is 1. The van der Waals surface area contributed by atoms with Gasteiger partial charge in [-0.15, -0.1) is 0 Å². The van der Waals surface area contributed by atoms with Crippen LogP contribution in [0.1, 0.15) is 24.0 Å². The van der Waals surface area contributed by atoms with E-state index in [0.717, 1.165) is 5.56 Å². The van der Waals surface area contributed by atoms with Crippen LogP contribution >= 0.6 is 12.2 Å². The number of hydrogen-bond acceptors (Lipinski definition) is 3. The van der Waals surface area contributed by atoms with E-state index in [4.69, 9.17) is 18.0 Å². The molecule has 0 saturated heterocycles. The minimum absolute atomic E-state index is 0.127. The highest BCUT2D eigenvalue weighted by atomic mass is 32.1. The van der Waals surface area contributed by atoms with Gasteiger partial charge in [0.2, 0.25) is 5.91 Å². The predicted molar refractivity (Wildman–Crippen MR) is 82.6 cm³/mol. The van der Waals surface area contributed by atoms with Gasteiger partial charge in [-0.3, -0.25) is 9.48 Å². The summed E-state index contributed by atoms with van der Waals surface area (Å²) in [5, 5.41) is 6.89. The largest absolute Gasteiger partial charge is 0.389 e. The summed E-state index contributed by atoms with van der Waals surface area (Å²) in [5.74, 6) is 0.118. The van der Waals surface area contributed by atoms with E-state index in [1.165, 1.54) is 0 Å². The Morgan fingerprint density at radius 1 is 1.40 bits per heavy atom. The molecule has 0 fully saturated rings. The fourth-order valence-corrected chi connectivity index (χ4v) is 2.03. The van der Waals surface area contributed by atoms with E-state index in [1.807, 2.05) is 37.3 Å². The molecule has 5 nitrogen and oxygen atoms in total. The number of carbonyl (C=O) groups is 1. The topological polar surface area (TPSA) is 72.9 Å². The van der Waals surface area contributed by atoms with Crippen molar-refractivity contribution in [2.45, 2.75) is 12.8 Å². The number of nitrogens with two attached hydrogens (primary N) is 1. The first-order valence-corrected chi connectivity index (χ1v) is 6.59. The van der Waals surface area contributed by atoms with Crippen LogP contribution in [0.2, 0.25) is 0 Å². The monoisotopic (exact) mass is 288 g/mol. The fourth-order valence-electron chi connectivity index (χ4n) is 1.88. The van der Waals surface area contributed by atoms with Gasteiger partial charge >= 0.3 is 0 Å². The second-order valence-electron chi connectivity index (χ2n) is 4.52. The molecule has 1 amide bonds. The molecule has 1 aromatic heterocycles. The summed E-state index contributed by atoms with van der Waals surface area (Å²) in [5.41, 5.74) is 7.13. The van der Waals surface area contributed by atoms with Crippen molar-refractivity contribution in [3.8, 4) is 0 Å². The Morgan fingerprint density at radius 2 is 2.05 bits per heavy atom. The van der Waals surface area contributed by atoms with Crippen LogP contribution in [0.25, 0.3) is 0 Å². The molecule has 20 heavy (non-hydrogen) atoms. The van der Waals surface area contributed by atoms with Crippen LogP contribution in [0.15, 0.2) is 36.5 Å². The van der Waals surface area contributed by atoms with Crippen molar-refractivity contribution in [1.82, 2.24) is 9.78 Å². The molecule has 1 heterocycles. The highest BCUT2D eigenvalue weighted by Gasteiger charge is 2.19. The quantitative estimate of drug-likeness (QED) is 0.841. The van der Waals surface area contributed by atoms with Crippen LogP contribution in [0.3, 0.4) is 0 Å². The SMILES string of the molecule is CC(C(=O)Nc1c(C(N)=S)cnn1C)c1ccccc1. The van der Waals surface area contributed by atoms with Gasteiger partial charge in [-0.05, 0) is 12.5 Å². The molecule has 0 aliphatic rings. The van der Waals surface area contributed by atoms with E-state index in [2.05, 4.69) is 10.4 Å². The zero-order valence-electron chi connectivity index (χ0n) is 11.3. The fraction of sp³-hybridized carbons (Fsp3) is 0.214. The Bertz CT molecular complexity index is 636. The van der Waals surface area contributed by atoms with Crippen LogP contribution in [-0.2, 0) is 11.8 Å². The molecule has 2 rings (SSSR count). The van der Waals surface area contributed by atoms with Crippen molar-refractivity contribution in [3.63, 3.8) is 0 Å². The zero-order valence-corrected chi connectivity index (χ0v) is 12.1. The number of anilines is 1. The van der Waals surface area contributed by atoms with E-state index < -0.39 is 0 Å². The lowest BCUT2D eigenvalue weighted by Gasteiger charge is -2.13. The van der Waals surface area contributed by atoms with E-state index >= 15 is 0 Å². The highest BCUT2D eigenvalue weighted by molar-refractivity contribution is 7.80. The van der Waals surface area contributed by atoms with Crippen LogP contribution in [-0.4, -0.2) is 20.7 Å². The van der Waals surface area contributed by atoms with Gasteiger partial charge in [0, 0.05) is 7.05 Å². The van der Waals surface area contributed by atoms with Gasteiger partial charge < -0.3 is 11.1 Å². The number of nitrogens with zero attached hydrogens (tertiary/aromatic N) is 2. The van der Waals surface area contributed by atoms with Crippen molar-refractivity contribution in [2.75, 3.05) is 5.32 Å². The molecule has 2 aromatic rings. The molecule has 1 atom stereocenters. The molecular weight excluding hydrogens is 272 g/mol. The predicted octanol–water partition coefficient (Wildman–Crippen LogP) is 1.80. The van der Waals surface area contributed by atoms with Gasteiger partial charge in [0.15, 0.2) is 0 Å². The number of thiocarbonyl (C=S) groups is 1. The van der Waals surface area contributed by atoms with E-state index in [0.29, 0.717) is 11.4 Å². The Balaban J connectivity index is 2.20. The Kier molecular flexibility index (Phi) is 4.14. The standard InChI is InChI=1S/C14H16N4OS/c1-9(10-6-4-3-5-7-10)14(19)17-13-11(12(15)20)8-16-18(13)2/h3-9H,1-2H3,(H2,15,20)(H,17,19). The minimum atomic E-state index is -0.273. The number of aromatic nitrogens is 2. The van der Waals surface area contributed by atoms with Gasteiger partial charge in [0.1, 0.15) is 10.8 Å². The first-order chi connectivity index (χ1) is 9.50. The van der Waals surface area contributed by atoms with Crippen molar-refractivity contribution in [1.29, 1.82) is 0 Å². The van der Waals surface area contributed by atoms with Crippen molar-refractivity contribution >= 4 is 28.9 Å². The third kappa shape index (κ3) is 2.85. The second kappa shape index (κ2) is 5.83. The van der Waals surface area contributed by atoms with Crippen LogP contribution in [0.4, 0.5) is 5.82 Å². The number of carbonyl (C=O) groups excluding carboxylic acids is 1. The summed E-state index contributed by atoms with van der Waals surface area (Å²) in [6.07, 6.45) is 1.55. The van der Waals surface area contributed by atoms with E-state index in [1.54, 1.807) is 17.9 Å². The normalized spacial score (nSPS) is 11.9. The average molecular weight is 288 g/mol. The molecule has 0 spiro atoms. The first-order valence-electron chi connectivity index (χ1n) is 6.18. The van der Waals surface area contributed by atoms with Crippen molar-refractivity contribution < 1.29 is 4.79 Å². The summed E-state index contributed by atoms with van der Waals surface area (Å²) in [6, 6.07) is 9.57. The maximum Gasteiger partial charge on any atom is 0.232 e. The summed E-state index contributed by atoms with van der Waals surface area (Å²) in [7, 11) is 1.73. The Hall–Kier alpha value is -2.21. The molecule has 0 radical (unpaired) electrons. The van der Waals surface area contributed by atoms with Crippen LogP contribution in [0.5, 0.6) is 0 Å². The van der Waals surface area contributed by atoms with E-state index in [9.17, 15) is 4.79 Å².